The summed E-state index contributed by atoms with van der Waals surface area (Å²) in [5.41, 5.74) is 0.641. The summed E-state index contributed by atoms with van der Waals surface area (Å²) in [6, 6.07) is 7.11. The monoisotopic (exact) mass is 399 g/mol. The van der Waals surface area contributed by atoms with Crippen LogP contribution in [-0.2, 0) is 18.7 Å². The third kappa shape index (κ3) is 4.24. The number of nitrogens with zero attached hydrogens (tertiary/aromatic N) is 1. The smallest absolute Gasteiger partial charge is 0.135 e. The van der Waals surface area contributed by atoms with Gasteiger partial charge in [0.05, 0.1) is 6.54 Å². The van der Waals surface area contributed by atoms with Gasteiger partial charge in [-0.3, -0.25) is 4.90 Å². The first-order valence-corrected chi connectivity index (χ1v) is 12.2. The molecule has 2 heterocycles. The van der Waals surface area contributed by atoms with Crippen LogP contribution < -0.4 is 0 Å². The highest BCUT2D eigenvalue weighted by Crippen LogP contribution is 2.45. The van der Waals surface area contributed by atoms with Crippen molar-refractivity contribution in [2.45, 2.75) is 88.9 Å². The van der Waals surface area contributed by atoms with E-state index in [1.54, 1.807) is 11.3 Å². The maximum atomic E-state index is 11.6. The lowest BCUT2D eigenvalue weighted by Gasteiger charge is -2.39. The molecule has 3 fully saturated rings. The van der Waals surface area contributed by atoms with Crippen LogP contribution in [0, 0.1) is 11.8 Å². The molecule has 0 radical (unpaired) electrons. The SMILES string of the molecule is OC(CC1CCC1)(CC1CCC1)c1ccc(CN(Cc2ccsc2)C2CC2)o1. The molecule has 4 heteroatoms. The standard InChI is InChI=1S/C24H33NO2S/c26-24(13-18-3-1-4-18,14-19-5-2-6-19)23-10-9-22(27-23)16-25(21-7-8-21)15-20-11-12-28-17-20/h9-12,17-19,21,26H,1-8,13-16H2. The highest BCUT2D eigenvalue weighted by Gasteiger charge is 2.40. The van der Waals surface area contributed by atoms with Crippen molar-refractivity contribution in [2.24, 2.45) is 11.8 Å². The fourth-order valence-electron chi connectivity index (χ4n) is 4.92. The van der Waals surface area contributed by atoms with Crippen molar-refractivity contribution < 1.29 is 9.52 Å². The van der Waals surface area contributed by atoms with E-state index in [9.17, 15) is 5.11 Å². The number of aliphatic hydroxyl groups is 1. The molecule has 0 amide bonds. The van der Waals surface area contributed by atoms with Gasteiger partial charge >= 0.3 is 0 Å². The van der Waals surface area contributed by atoms with Crippen LogP contribution >= 0.6 is 11.3 Å². The summed E-state index contributed by atoms with van der Waals surface area (Å²) in [6.07, 6.45) is 12.1. The zero-order chi connectivity index (χ0) is 19.0. The summed E-state index contributed by atoms with van der Waals surface area (Å²) in [6.45, 7) is 1.85. The van der Waals surface area contributed by atoms with Crippen molar-refractivity contribution in [3.05, 3.63) is 46.0 Å². The van der Waals surface area contributed by atoms with Crippen LogP contribution in [0.3, 0.4) is 0 Å². The second kappa shape index (κ2) is 7.97. The van der Waals surface area contributed by atoms with E-state index in [1.807, 2.05) is 0 Å². The number of rotatable bonds is 10. The van der Waals surface area contributed by atoms with Gasteiger partial charge in [-0.1, -0.05) is 38.5 Å². The molecule has 0 bridgehead atoms. The largest absolute Gasteiger partial charge is 0.462 e. The quantitative estimate of drug-likeness (QED) is 0.526. The summed E-state index contributed by atoms with van der Waals surface area (Å²) in [4.78, 5) is 2.54. The molecule has 3 aliphatic rings. The Morgan fingerprint density at radius 3 is 2.21 bits per heavy atom. The average molecular weight is 400 g/mol. The third-order valence-electron chi connectivity index (χ3n) is 7.21. The Morgan fingerprint density at radius 2 is 1.68 bits per heavy atom. The Morgan fingerprint density at radius 1 is 0.964 bits per heavy atom. The molecule has 0 saturated heterocycles. The highest BCUT2D eigenvalue weighted by molar-refractivity contribution is 7.07. The summed E-state index contributed by atoms with van der Waals surface area (Å²) >= 11 is 1.77. The van der Waals surface area contributed by atoms with Gasteiger partial charge in [-0.15, -0.1) is 0 Å². The Bertz CT molecular complexity index is 739. The minimum atomic E-state index is -0.758. The average Bonchev–Trinajstić information content (AvgIpc) is 3.13. The molecule has 0 unspecified atom stereocenters. The highest BCUT2D eigenvalue weighted by atomic mass is 32.1. The molecular weight excluding hydrogens is 366 g/mol. The molecule has 3 saturated carbocycles. The Labute approximate surface area is 172 Å². The van der Waals surface area contributed by atoms with E-state index < -0.39 is 5.60 Å². The molecule has 152 valence electrons. The molecule has 0 spiro atoms. The summed E-state index contributed by atoms with van der Waals surface area (Å²) in [5.74, 6) is 3.20. The molecule has 5 rings (SSSR count). The summed E-state index contributed by atoms with van der Waals surface area (Å²) < 4.78 is 6.33. The van der Waals surface area contributed by atoms with Crippen molar-refractivity contribution in [3.8, 4) is 0 Å². The van der Waals surface area contributed by atoms with Gasteiger partial charge in [-0.25, -0.2) is 0 Å². The molecule has 2 aromatic heterocycles. The third-order valence-corrected chi connectivity index (χ3v) is 7.94. The van der Waals surface area contributed by atoms with Crippen LogP contribution in [-0.4, -0.2) is 16.0 Å². The second-order valence-corrected chi connectivity index (χ2v) is 10.3. The van der Waals surface area contributed by atoms with Crippen LogP contribution in [0.15, 0.2) is 33.4 Å². The Balaban J connectivity index is 1.29. The van der Waals surface area contributed by atoms with Crippen LogP contribution in [0.25, 0.3) is 0 Å². The van der Waals surface area contributed by atoms with Gasteiger partial charge in [-0.2, -0.15) is 11.3 Å². The van der Waals surface area contributed by atoms with Crippen molar-refractivity contribution in [1.29, 1.82) is 0 Å². The Kier molecular flexibility index (Phi) is 5.38. The lowest BCUT2D eigenvalue weighted by Crippen LogP contribution is -2.34. The van der Waals surface area contributed by atoms with Crippen LogP contribution in [0.4, 0.5) is 0 Å². The maximum absolute atomic E-state index is 11.6. The van der Waals surface area contributed by atoms with E-state index in [0.717, 1.165) is 37.5 Å². The minimum absolute atomic E-state index is 0.681. The van der Waals surface area contributed by atoms with E-state index in [-0.39, 0.29) is 0 Å². The molecular formula is C24H33NO2S. The predicted octanol–water partition coefficient (Wildman–Crippen LogP) is 6.07. The zero-order valence-corrected chi connectivity index (χ0v) is 17.6. The number of hydrogen-bond donors (Lipinski definition) is 1. The molecule has 0 aliphatic heterocycles. The lowest BCUT2D eigenvalue weighted by atomic mass is 9.70. The molecule has 0 atom stereocenters. The first-order valence-electron chi connectivity index (χ1n) is 11.2. The van der Waals surface area contributed by atoms with Crippen LogP contribution in [0.1, 0.15) is 81.3 Å². The van der Waals surface area contributed by atoms with E-state index in [1.165, 1.54) is 56.9 Å². The van der Waals surface area contributed by atoms with Crippen LogP contribution in [0.2, 0.25) is 0 Å². The van der Waals surface area contributed by atoms with Gasteiger partial charge < -0.3 is 9.52 Å². The number of furan rings is 1. The zero-order valence-electron chi connectivity index (χ0n) is 16.8. The van der Waals surface area contributed by atoms with Crippen LogP contribution in [0.5, 0.6) is 0 Å². The van der Waals surface area contributed by atoms with Gasteiger partial charge in [0.1, 0.15) is 17.1 Å². The number of thiophene rings is 1. The molecule has 3 aliphatic carbocycles. The predicted molar refractivity (Wildman–Crippen MR) is 113 cm³/mol. The topological polar surface area (TPSA) is 36.6 Å². The second-order valence-electron chi connectivity index (χ2n) is 9.57. The van der Waals surface area contributed by atoms with Gasteiger partial charge in [0.25, 0.3) is 0 Å². The number of hydrogen-bond acceptors (Lipinski definition) is 4. The maximum Gasteiger partial charge on any atom is 0.135 e. The first kappa shape index (κ1) is 18.9. The van der Waals surface area contributed by atoms with E-state index in [0.29, 0.717) is 17.9 Å². The van der Waals surface area contributed by atoms with Crippen molar-refractivity contribution in [3.63, 3.8) is 0 Å². The molecule has 1 N–H and O–H groups in total. The van der Waals surface area contributed by atoms with Gasteiger partial charge in [0, 0.05) is 12.6 Å². The molecule has 0 aromatic carbocycles. The molecule has 28 heavy (non-hydrogen) atoms. The van der Waals surface area contributed by atoms with Gasteiger partial charge in [0.2, 0.25) is 0 Å². The fraction of sp³-hybridized carbons (Fsp3) is 0.667. The van der Waals surface area contributed by atoms with Gasteiger partial charge in [-0.05, 0) is 72.0 Å². The van der Waals surface area contributed by atoms with Crippen molar-refractivity contribution >= 4 is 11.3 Å². The molecule has 2 aromatic rings. The first-order chi connectivity index (χ1) is 13.7. The van der Waals surface area contributed by atoms with Crippen molar-refractivity contribution in [1.82, 2.24) is 4.90 Å². The van der Waals surface area contributed by atoms with E-state index in [4.69, 9.17) is 4.42 Å². The summed E-state index contributed by atoms with van der Waals surface area (Å²) in [5, 5.41) is 16.0. The fourth-order valence-corrected chi connectivity index (χ4v) is 5.58. The van der Waals surface area contributed by atoms with Crippen molar-refractivity contribution in [2.75, 3.05) is 0 Å². The van der Waals surface area contributed by atoms with Gasteiger partial charge in [0.15, 0.2) is 0 Å². The van der Waals surface area contributed by atoms with E-state index in [2.05, 4.69) is 33.9 Å². The summed E-state index contributed by atoms with van der Waals surface area (Å²) in [7, 11) is 0. The minimum Gasteiger partial charge on any atom is -0.462 e. The Hall–Kier alpha value is -1.10. The normalized spacial score (nSPS) is 21.1. The molecule has 3 nitrogen and oxygen atoms in total. The van der Waals surface area contributed by atoms with E-state index >= 15 is 0 Å². The lowest BCUT2D eigenvalue weighted by molar-refractivity contribution is -0.0494.